The van der Waals surface area contributed by atoms with Gasteiger partial charge < -0.3 is 19.5 Å². The molecule has 1 amide bonds. The first-order valence-electron chi connectivity index (χ1n) is 8.13. The van der Waals surface area contributed by atoms with E-state index in [9.17, 15) is 4.79 Å². The van der Waals surface area contributed by atoms with E-state index in [1.54, 1.807) is 6.07 Å². The Bertz CT molecular complexity index is 489. The van der Waals surface area contributed by atoms with Crippen molar-refractivity contribution in [2.75, 3.05) is 46.1 Å². The van der Waals surface area contributed by atoms with Gasteiger partial charge in [-0.05, 0) is 26.0 Å². The molecule has 1 aliphatic rings. The summed E-state index contributed by atoms with van der Waals surface area (Å²) in [5.41, 5.74) is 0. The fourth-order valence-corrected chi connectivity index (χ4v) is 2.45. The number of hydrogen-bond donors (Lipinski definition) is 1. The predicted molar refractivity (Wildman–Crippen MR) is 88.0 cm³/mol. The number of para-hydroxylation sites is 2. The minimum Gasteiger partial charge on any atom is -0.490 e. The lowest BCUT2D eigenvalue weighted by Crippen LogP contribution is -2.47. The maximum atomic E-state index is 12.0. The number of carbonyl (C=O) groups is 1. The molecule has 0 saturated carbocycles. The van der Waals surface area contributed by atoms with E-state index in [4.69, 9.17) is 14.2 Å². The molecule has 6 heteroatoms. The molecule has 23 heavy (non-hydrogen) atoms. The highest BCUT2D eigenvalue weighted by molar-refractivity contribution is 5.77. The first-order chi connectivity index (χ1) is 11.2. The first-order valence-corrected chi connectivity index (χ1v) is 8.13. The number of rotatable bonds is 8. The smallest absolute Gasteiger partial charge is 0.257 e. The molecular formula is C17H26N2O4. The predicted octanol–water partition coefficient (Wildman–Crippen LogP) is 1.30. The molecular weight excluding hydrogens is 296 g/mol. The number of nitrogens with one attached hydrogen (secondary N) is 1. The molecule has 1 aromatic carbocycles. The van der Waals surface area contributed by atoms with Crippen molar-refractivity contribution in [1.82, 2.24) is 10.2 Å². The molecule has 1 aromatic rings. The van der Waals surface area contributed by atoms with Crippen LogP contribution in [-0.4, -0.2) is 62.9 Å². The van der Waals surface area contributed by atoms with Crippen molar-refractivity contribution in [3.63, 3.8) is 0 Å². The maximum Gasteiger partial charge on any atom is 0.257 e. The molecule has 0 spiro atoms. The van der Waals surface area contributed by atoms with Crippen LogP contribution in [0.5, 0.6) is 11.5 Å². The summed E-state index contributed by atoms with van der Waals surface area (Å²) in [7, 11) is 0. The summed E-state index contributed by atoms with van der Waals surface area (Å²) >= 11 is 0. The Morgan fingerprint density at radius 2 is 1.91 bits per heavy atom. The van der Waals surface area contributed by atoms with Gasteiger partial charge in [0.1, 0.15) is 0 Å². The Hall–Kier alpha value is -1.79. The van der Waals surface area contributed by atoms with Crippen LogP contribution in [0.15, 0.2) is 24.3 Å². The van der Waals surface area contributed by atoms with E-state index < -0.39 is 0 Å². The first kappa shape index (κ1) is 17.6. The normalized spacial score (nSPS) is 16.6. The van der Waals surface area contributed by atoms with Gasteiger partial charge in [0.25, 0.3) is 5.91 Å². The molecule has 1 saturated heterocycles. The highest BCUT2D eigenvalue weighted by atomic mass is 16.5. The van der Waals surface area contributed by atoms with Gasteiger partial charge in [-0.25, -0.2) is 0 Å². The number of amides is 1. The molecule has 1 aliphatic heterocycles. The van der Waals surface area contributed by atoms with Gasteiger partial charge in [-0.1, -0.05) is 12.1 Å². The van der Waals surface area contributed by atoms with Crippen LogP contribution in [0.1, 0.15) is 13.8 Å². The summed E-state index contributed by atoms with van der Waals surface area (Å²) in [6, 6.07) is 7.66. The SMILES string of the molecule is CCOc1ccccc1OCC(=O)NCC(C)N1CCOCC1. The van der Waals surface area contributed by atoms with Crippen LogP contribution in [0.25, 0.3) is 0 Å². The van der Waals surface area contributed by atoms with Crippen molar-refractivity contribution in [3.05, 3.63) is 24.3 Å². The summed E-state index contributed by atoms with van der Waals surface area (Å²) < 4.78 is 16.4. The molecule has 0 aromatic heterocycles. The van der Waals surface area contributed by atoms with Gasteiger partial charge in [0, 0.05) is 25.7 Å². The summed E-state index contributed by atoms with van der Waals surface area (Å²) in [4.78, 5) is 14.3. The van der Waals surface area contributed by atoms with Crippen LogP contribution in [0.3, 0.4) is 0 Å². The van der Waals surface area contributed by atoms with Gasteiger partial charge in [0.05, 0.1) is 19.8 Å². The van der Waals surface area contributed by atoms with Crippen molar-refractivity contribution in [3.8, 4) is 11.5 Å². The van der Waals surface area contributed by atoms with E-state index in [1.165, 1.54) is 0 Å². The minimum atomic E-state index is -0.128. The fourth-order valence-electron chi connectivity index (χ4n) is 2.45. The van der Waals surface area contributed by atoms with Crippen LogP contribution in [0.2, 0.25) is 0 Å². The third kappa shape index (κ3) is 5.73. The largest absolute Gasteiger partial charge is 0.490 e. The summed E-state index contributed by atoms with van der Waals surface area (Å²) in [6.07, 6.45) is 0. The van der Waals surface area contributed by atoms with Crippen LogP contribution in [0, 0.1) is 0 Å². The monoisotopic (exact) mass is 322 g/mol. The van der Waals surface area contributed by atoms with Gasteiger partial charge in [-0.15, -0.1) is 0 Å². The molecule has 0 radical (unpaired) electrons. The van der Waals surface area contributed by atoms with E-state index in [0.29, 0.717) is 30.7 Å². The van der Waals surface area contributed by atoms with E-state index in [0.717, 1.165) is 26.3 Å². The number of carbonyl (C=O) groups excluding carboxylic acids is 1. The average molecular weight is 322 g/mol. The Kier molecular flexibility index (Phi) is 7.16. The summed E-state index contributed by atoms with van der Waals surface area (Å²) in [5.74, 6) is 1.12. The molecule has 1 unspecified atom stereocenters. The number of nitrogens with zero attached hydrogens (tertiary/aromatic N) is 1. The molecule has 0 aliphatic carbocycles. The van der Waals surface area contributed by atoms with Gasteiger partial charge in [-0.2, -0.15) is 0 Å². The average Bonchev–Trinajstić information content (AvgIpc) is 2.60. The quantitative estimate of drug-likeness (QED) is 0.782. The zero-order chi connectivity index (χ0) is 16.5. The lowest BCUT2D eigenvalue weighted by molar-refractivity contribution is -0.123. The molecule has 0 bridgehead atoms. The topological polar surface area (TPSA) is 60.0 Å². The zero-order valence-corrected chi connectivity index (χ0v) is 13.9. The van der Waals surface area contributed by atoms with Gasteiger partial charge in [-0.3, -0.25) is 9.69 Å². The van der Waals surface area contributed by atoms with E-state index in [1.807, 2.05) is 25.1 Å². The summed E-state index contributed by atoms with van der Waals surface area (Å²) in [5, 5.41) is 2.91. The minimum absolute atomic E-state index is 0.0140. The standard InChI is InChI=1S/C17H26N2O4/c1-3-22-15-6-4-5-7-16(15)23-13-17(20)18-12-14(2)19-8-10-21-11-9-19/h4-7,14H,3,8-13H2,1-2H3,(H,18,20). The van der Waals surface area contributed by atoms with Gasteiger partial charge >= 0.3 is 0 Å². The second-order valence-electron chi connectivity index (χ2n) is 5.47. The van der Waals surface area contributed by atoms with Crippen LogP contribution >= 0.6 is 0 Å². The van der Waals surface area contributed by atoms with Crippen LogP contribution in [-0.2, 0) is 9.53 Å². The molecule has 6 nitrogen and oxygen atoms in total. The third-order valence-corrected chi connectivity index (χ3v) is 3.77. The summed E-state index contributed by atoms with van der Waals surface area (Å²) in [6.45, 7) is 8.52. The van der Waals surface area contributed by atoms with Gasteiger partial charge in [0.15, 0.2) is 18.1 Å². The van der Waals surface area contributed by atoms with Crippen molar-refractivity contribution in [2.24, 2.45) is 0 Å². The number of hydrogen-bond acceptors (Lipinski definition) is 5. The number of ether oxygens (including phenoxy) is 3. The molecule has 2 rings (SSSR count). The Morgan fingerprint density at radius 1 is 1.26 bits per heavy atom. The highest BCUT2D eigenvalue weighted by Gasteiger charge is 2.17. The van der Waals surface area contributed by atoms with E-state index >= 15 is 0 Å². The lowest BCUT2D eigenvalue weighted by atomic mass is 10.2. The number of morpholine rings is 1. The second kappa shape index (κ2) is 9.37. The van der Waals surface area contributed by atoms with Crippen LogP contribution in [0.4, 0.5) is 0 Å². The fraction of sp³-hybridized carbons (Fsp3) is 0.588. The molecule has 1 heterocycles. The van der Waals surface area contributed by atoms with Crippen molar-refractivity contribution >= 4 is 5.91 Å². The molecule has 1 N–H and O–H groups in total. The zero-order valence-electron chi connectivity index (χ0n) is 13.9. The Labute approximate surface area is 137 Å². The Balaban J connectivity index is 1.72. The molecule has 1 atom stereocenters. The lowest BCUT2D eigenvalue weighted by Gasteiger charge is -2.32. The highest BCUT2D eigenvalue weighted by Crippen LogP contribution is 2.26. The molecule has 1 fully saturated rings. The number of benzene rings is 1. The maximum absolute atomic E-state index is 12.0. The molecule has 128 valence electrons. The van der Waals surface area contributed by atoms with Gasteiger partial charge in [0.2, 0.25) is 0 Å². The van der Waals surface area contributed by atoms with Crippen molar-refractivity contribution in [1.29, 1.82) is 0 Å². The van der Waals surface area contributed by atoms with E-state index in [-0.39, 0.29) is 12.5 Å². The third-order valence-electron chi connectivity index (χ3n) is 3.77. The Morgan fingerprint density at radius 3 is 2.57 bits per heavy atom. The second-order valence-corrected chi connectivity index (χ2v) is 5.47. The van der Waals surface area contributed by atoms with Crippen molar-refractivity contribution in [2.45, 2.75) is 19.9 Å². The van der Waals surface area contributed by atoms with E-state index in [2.05, 4.69) is 17.1 Å². The van der Waals surface area contributed by atoms with Crippen molar-refractivity contribution < 1.29 is 19.0 Å². The van der Waals surface area contributed by atoms with Crippen LogP contribution < -0.4 is 14.8 Å².